The smallest absolute Gasteiger partial charge is 0.326 e. The summed E-state index contributed by atoms with van der Waals surface area (Å²) >= 11 is 12.1. The van der Waals surface area contributed by atoms with Gasteiger partial charge in [-0.05, 0) is 61.6 Å². The van der Waals surface area contributed by atoms with E-state index < -0.39 is 102 Å². The van der Waals surface area contributed by atoms with Gasteiger partial charge in [-0.2, -0.15) is 0 Å². The zero-order valence-corrected chi connectivity index (χ0v) is 38.1. The summed E-state index contributed by atoms with van der Waals surface area (Å²) in [5.41, 5.74) is 16.7. The number of nitrogens with two attached hydrogens (primary N) is 3. The van der Waals surface area contributed by atoms with E-state index in [1.807, 2.05) is 0 Å². The molecule has 356 valence electrons. The predicted octanol–water partition coefficient (Wildman–Crippen LogP) is 1.06. The first kappa shape index (κ1) is 54.6. The Bertz CT molecular complexity index is 1840. The molecule has 6 atom stereocenters. The minimum absolute atomic E-state index is 0.0256. The number of primary amides is 2. The van der Waals surface area contributed by atoms with E-state index >= 15 is 0 Å². The van der Waals surface area contributed by atoms with Crippen molar-refractivity contribution < 1.29 is 48.3 Å². The SMILES string of the molecule is CC(=O)N[C@@H](CCCNC(=N)N)C(=O)C[C@@H](CCC(N)=O)C(=O)N[C@@H](CC1CCCCC1)C(=O)NC(CC(N)=O)C(=O)N[C@@H](CC(C)C)C(=O)NC(Cc1ccc(Cl)c(Cl)c1)C(=O)O. The van der Waals surface area contributed by atoms with Gasteiger partial charge in [0.05, 0.1) is 22.5 Å². The third-order valence-corrected chi connectivity index (χ3v) is 11.4. The number of halogens is 2. The molecule has 14 N–H and O–H groups in total. The van der Waals surface area contributed by atoms with E-state index in [0.717, 1.165) is 32.1 Å². The Morgan fingerprint density at radius 2 is 1.33 bits per heavy atom. The summed E-state index contributed by atoms with van der Waals surface area (Å²) in [4.78, 5) is 118. The zero-order valence-electron chi connectivity index (χ0n) is 36.6. The quantitative estimate of drug-likeness (QED) is 0.0319. The number of hydrogen-bond acceptors (Lipinski definition) is 10. The van der Waals surface area contributed by atoms with Crippen LogP contribution in [0.15, 0.2) is 18.2 Å². The van der Waals surface area contributed by atoms with E-state index in [9.17, 15) is 48.3 Å². The molecule has 0 heterocycles. The van der Waals surface area contributed by atoms with Crippen molar-refractivity contribution in [2.75, 3.05) is 6.54 Å². The number of guanidine groups is 1. The number of benzene rings is 1. The molecule has 0 aliphatic heterocycles. The van der Waals surface area contributed by atoms with Gasteiger partial charge in [-0.1, -0.05) is 75.2 Å². The fourth-order valence-corrected chi connectivity index (χ4v) is 7.75. The Morgan fingerprint density at radius 1 is 0.734 bits per heavy atom. The maximum atomic E-state index is 14.2. The van der Waals surface area contributed by atoms with Gasteiger partial charge in [-0.25, -0.2) is 4.79 Å². The maximum absolute atomic E-state index is 14.2. The van der Waals surface area contributed by atoms with Crippen LogP contribution in [0.25, 0.3) is 0 Å². The van der Waals surface area contributed by atoms with Gasteiger partial charge in [0.1, 0.15) is 24.2 Å². The lowest BCUT2D eigenvalue weighted by Crippen LogP contribution is -2.59. The van der Waals surface area contributed by atoms with Crippen molar-refractivity contribution >= 4 is 82.3 Å². The van der Waals surface area contributed by atoms with Crippen molar-refractivity contribution in [3.8, 4) is 0 Å². The van der Waals surface area contributed by atoms with Gasteiger partial charge in [-0.3, -0.25) is 43.8 Å². The van der Waals surface area contributed by atoms with Crippen LogP contribution in [-0.2, 0) is 49.6 Å². The molecule has 1 saturated carbocycles. The second kappa shape index (κ2) is 27.6. The summed E-state index contributed by atoms with van der Waals surface area (Å²) in [7, 11) is 0. The molecule has 0 bridgehead atoms. The van der Waals surface area contributed by atoms with Crippen LogP contribution >= 0.6 is 23.2 Å². The van der Waals surface area contributed by atoms with Gasteiger partial charge in [0.25, 0.3) is 0 Å². The molecule has 1 aliphatic rings. The molecule has 0 aromatic heterocycles. The molecule has 2 unspecified atom stereocenters. The molecule has 1 aromatic carbocycles. The lowest BCUT2D eigenvalue weighted by atomic mass is 9.84. The Labute approximate surface area is 382 Å². The first-order valence-electron chi connectivity index (χ1n) is 21.4. The summed E-state index contributed by atoms with van der Waals surface area (Å²) in [6.07, 6.45) is 3.00. The molecular weight excluding hydrogens is 875 g/mol. The van der Waals surface area contributed by atoms with Gasteiger partial charge >= 0.3 is 5.97 Å². The normalized spacial score (nSPS) is 15.5. The number of amides is 7. The lowest BCUT2D eigenvalue weighted by Gasteiger charge is -2.30. The van der Waals surface area contributed by atoms with Crippen molar-refractivity contribution in [3.63, 3.8) is 0 Å². The van der Waals surface area contributed by atoms with E-state index in [0.29, 0.717) is 12.0 Å². The van der Waals surface area contributed by atoms with E-state index in [2.05, 4.69) is 31.9 Å². The first-order chi connectivity index (χ1) is 30.1. The highest BCUT2D eigenvalue weighted by atomic mass is 35.5. The molecule has 0 saturated heterocycles. The highest BCUT2D eigenvalue weighted by Crippen LogP contribution is 2.28. The second-order valence-corrected chi connectivity index (χ2v) is 17.5. The van der Waals surface area contributed by atoms with Crippen LogP contribution in [-0.4, -0.2) is 101 Å². The number of carbonyl (C=O) groups excluding carboxylic acids is 8. The van der Waals surface area contributed by atoms with Gasteiger partial charge < -0.3 is 54.2 Å². The topological polar surface area (TPSA) is 348 Å². The monoisotopic (exact) mass is 938 g/mol. The minimum atomic E-state index is -1.65. The van der Waals surface area contributed by atoms with Crippen molar-refractivity contribution in [1.29, 1.82) is 5.41 Å². The molecule has 20 nitrogen and oxygen atoms in total. The van der Waals surface area contributed by atoms with Crippen molar-refractivity contribution in [2.45, 2.75) is 141 Å². The van der Waals surface area contributed by atoms with Crippen LogP contribution in [0, 0.1) is 23.2 Å². The number of hydrogen-bond donors (Lipinski definition) is 11. The number of aliphatic carboxylic acids is 1. The van der Waals surface area contributed by atoms with E-state index in [1.165, 1.54) is 19.1 Å². The predicted molar refractivity (Wildman–Crippen MR) is 238 cm³/mol. The molecule has 2 rings (SSSR count). The highest BCUT2D eigenvalue weighted by molar-refractivity contribution is 6.42. The average Bonchev–Trinajstić information content (AvgIpc) is 3.20. The first-order valence-corrected chi connectivity index (χ1v) is 22.1. The van der Waals surface area contributed by atoms with Crippen LogP contribution < -0.4 is 49.1 Å². The van der Waals surface area contributed by atoms with Gasteiger partial charge in [0.15, 0.2) is 11.7 Å². The number of carboxylic acid groups (broad SMARTS) is 1. The number of Topliss-reactive ketones (excluding diaryl/α,β-unsaturated/α-hetero) is 1. The fourth-order valence-electron chi connectivity index (χ4n) is 7.43. The Balaban J connectivity index is 2.38. The van der Waals surface area contributed by atoms with Gasteiger partial charge in [0.2, 0.25) is 41.4 Å². The van der Waals surface area contributed by atoms with Gasteiger partial charge in [0, 0.05) is 38.6 Å². The number of ketones is 1. The highest BCUT2D eigenvalue weighted by Gasteiger charge is 2.35. The summed E-state index contributed by atoms with van der Waals surface area (Å²) < 4.78 is 0. The molecule has 64 heavy (non-hydrogen) atoms. The van der Waals surface area contributed by atoms with Crippen LogP contribution in [0.3, 0.4) is 0 Å². The number of rotatable bonds is 28. The van der Waals surface area contributed by atoms with E-state index in [-0.39, 0.29) is 72.9 Å². The Hall–Kier alpha value is -5.50. The van der Waals surface area contributed by atoms with Crippen molar-refractivity contribution in [3.05, 3.63) is 33.8 Å². The van der Waals surface area contributed by atoms with Crippen LogP contribution in [0.2, 0.25) is 10.0 Å². The molecule has 1 fully saturated rings. The molecule has 0 spiro atoms. The maximum Gasteiger partial charge on any atom is 0.326 e. The summed E-state index contributed by atoms with van der Waals surface area (Å²) in [6.45, 7) is 4.98. The largest absolute Gasteiger partial charge is 0.480 e. The lowest BCUT2D eigenvalue weighted by molar-refractivity contribution is -0.142. The average molecular weight is 940 g/mol. The molecule has 1 aliphatic carbocycles. The molecule has 7 amide bonds. The summed E-state index contributed by atoms with van der Waals surface area (Å²) in [6, 6.07) is -2.26. The van der Waals surface area contributed by atoms with Crippen LogP contribution in [0.4, 0.5) is 0 Å². The van der Waals surface area contributed by atoms with E-state index in [1.54, 1.807) is 19.9 Å². The van der Waals surface area contributed by atoms with Crippen LogP contribution in [0.1, 0.15) is 110 Å². The molecule has 22 heteroatoms. The second-order valence-electron chi connectivity index (χ2n) is 16.7. The number of carbonyl (C=O) groups is 9. The summed E-state index contributed by atoms with van der Waals surface area (Å²) in [5, 5.41) is 33.1. The third kappa shape index (κ3) is 20.8. The molecular formula is C42H64Cl2N10O10. The van der Waals surface area contributed by atoms with Crippen molar-refractivity contribution in [1.82, 2.24) is 31.9 Å². The molecule has 0 radical (unpaired) electrons. The zero-order chi connectivity index (χ0) is 48.1. The molecule has 1 aromatic rings. The minimum Gasteiger partial charge on any atom is -0.480 e. The van der Waals surface area contributed by atoms with Gasteiger partial charge in [-0.15, -0.1) is 0 Å². The standard InChI is InChI=1S/C42H64Cl2N10O10/c1-22(2)16-30(38(60)54-33(41(63)64)19-25-11-13-27(43)28(44)17-25)52-40(62)32(21-36(46)58)53-39(61)31(18-24-8-5-4-6-9-24)51-37(59)26(12-14-35(45)57)20-34(56)29(50-23(3)55)10-7-15-49-42(47)48/h11,13,17,22,24,26,29-33H,4-10,12,14-16,18-21H2,1-3H3,(H2,45,57)(H2,46,58)(H,50,55)(H,51,59)(H,52,62)(H,53,61)(H,54,60)(H,63,64)(H4,47,48,49)/t26-,29+,30+,31+,32?,33?/m1/s1. The van der Waals surface area contributed by atoms with Crippen molar-refractivity contribution in [2.24, 2.45) is 35.0 Å². The fraction of sp³-hybridized carbons (Fsp3) is 0.619. The van der Waals surface area contributed by atoms with E-state index in [4.69, 9.17) is 45.8 Å². The Kier molecular flexibility index (Phi) is 23.6. The van der Waals surface area contributed by atoms with Crippen LogP contribution in [0.5, 0.6) is 0 Å². The number of nitrogens with one attached hydrogen (secondary N) is 7. The summed E-state index contributed by atoms with van der Waals surface area (Å²) in [5.74, 6) is -9.31. The third-order valence-electron chi connectivity index (χ3n) is 10.7. The Morgan fingerprint density at radius 3 is 1.89 bits per heavy atom. The number of carboxylic acids is 1.